The number of nitrogens with one attached hydrogen (secondary N) is 1. The molecule has 0 aliphatic carbocycles. The molecule has 1 aromatic heterocycles. The summed E-state index contributed by atoms with van der Waals surface area (Å²) in [6.07, 6.45) is 0.416. The van der Waals surface area contributed by atoms with Crippen LogP contribution in [0.4, 0.5) is 35.3 Å². The summed E-state index contributed by atoms with van der Waals surface area (Å²) in [7, 11) is 0. The molecule has 2 aliphatic heterocycles. The van der Waals surface area contributed by atoms with Crippen LogP contribution in [0.2, 0.25) is 0 Å². The van der Waals surface area contributed by atoms with Gasteiger partial charge in [0.15, 0.2) is 11.6 Å². The van der Waals surface area contributed by atoms with Gasteiger partial charge < -0.3 is 20.0 Å². The molecule has 0 bridgehead atoms. The van der Waals surface area contributed by atoms with Gasteiger partial charge >= 0.3 is 12.2 Å². The van der Waals surface area contributed by atoms with Crippen molar-refractivity contribution in [3.63, 3.8) is 0 Å². The lowest BCUT2D eigenvalue weighted by Crippen LogP contribution is -2.50. The maximum absolute atomic E-state index is 12.9. The molecule has 2 aromatic rings. The van der Waals surface area contributed by atoms with Crippen LogP contribution in [0.1, 0.15) is 31.2 Å². The summed E-state index contributed by atoms with van der Waals surface area (Å²) in [5.74, 6) is 1.66. The summed E-state index contributed by atoms with van der Waals surface area (Å²) in [4.78, 5) is 18.4. The zero-order valence-corrected chi connectivity index (χ0v) is 17.8. The van der Waals surface area contributed by atoms with E-state index in [2.05, 4.69) is 25.3 Å². The molecule has 172 valence electrons. The van der Waals surface area contributed by atoms with Gasteiger partial charge in [0.25, 0.3) is 0 Å². The number of carbonyl (C=O) groups excluding carboxylic acids is 1. The Hall–Kier alpha value is -3.04. The van der Waals surface area contributed by atoms with E-state index in [1.54, 1.807) is 4.90 Å². The number of amides is 2. The monoisotopic (exact) mass is 448 g/mol. The van der Waals surface area contributed by atoms with E-state index >= 15 is 0 Å². The summed E-state index contributed by atoms with van der Waals surface area (Å²) >= 11 is 0. The van der Waals surface area contributed by atoms with Crippen LogP contribution in [0.25, 0.3) is 0 Å². The van der Waals surface area contributed by atoms with Crippen LogP contribution in [0, 0.1) is 0 Å². The number of anilines is 3. The summed E-state index contributed by atoms with van der Waals surface area (Å²) in [5.41, 5.74) is -0.662. The standard InChI is InChI=1S/C22H27F3N6O/c23-22(24,25)17-6-5-7-18(16-17)26-21(32)31-14-12-30(13-15-31)20-9-8-19(27-28-20)29-10-3-1-2-4-11-29/h5-9,16H,1-4,10-15H2,(H,26,32). The van der Waals surface area contributed by atoms with E-state index < -0.39 is 17.8 Å². The molecule has 0 radical (unpaired) electrons. The minimum atomic E-state index is -4.45. The van der Waals surface area contributed by atoms with Crippen molar-refractivity contribution >= 4 is 23.4 Å². The van der Waals surface area contributed by atoms with Crippen LogP contribution in [0.15, 0.2) is 36.4 Å². The number of aromatic nitrogens is 2. The first-order valence-electron chi connectivity index (χ1n) is 11.0. The highest BCUT2D eigenvalue weighted by Gasteiger charge is 2.31. The summed E-state index contributed by atoms with van der Waals surface area (Å²) in [6, 6.07) is 8.20. The molecule has 0 saturated carbocycles. The van der Waals surface area contributed by atoms with Crippen LogP contribution in [-0.4, -0.2) is 60.4 Å². The Bertz CT molecular complexity index is 905. The Morgan fingerprint density at radius 2 is 1.41 bits per heavy atom. The third kappa shape index (κ3) is 5.41. The Morgan fingerprint density at radius 1 is 0.812 bits per heavy atom. The molecule has 0 spiro atoms. The smallest absolute Gasteiger partial charge is 0.355 e. The van der Waals surface area contributed by atoms with E-state index in [1.807, 2.05) is 12.1 Å². The van der Waals surface area contributed by atoms with Crippen molar-refractivity contribution in [2.24, 2.45) is 0 Å². The predicted octanol–water partition coefficient (Wildman–Crippen LogP) is 4.23. The third-order valence-electron chi connectivity index (χ3n) is 5.90. The molecule has 1 aromatic carbocycles. The SMILES string of the molecule is O=C(Nc1cccc(C(F)(F)F)c1)N1CCN(c2ccc(N3CCCCCC3)nn2)CC1. The van der Waals surface area contributed by atoms with E-state index in [9.17, 15) is 18.0 Å². The Balaban J connectivity index is 1.30. The lowest BCUT2D eigenvalue weighted by molar-refractivity contribution is -0.137. The molecule has 2 aliphatic rings. The van der Waals surface area contributed by atoms with E-state index in [0.717, 1.165) is 36.9 Å². The van der Waals surface area contributed by atoms with Gasteiger partial charge in [-0.2, -0.15) is 13.2 Å². The van der Waals surface area contributed by atoms with Crippen molar-refractivity contribution in [2.75, 3.05) is 54.4 Å². The summed E-state index contributed by atoms with van der Waals surface area (Å²) in [5, 5.41) is 11.4. The molecule has 7 nitrogen and oxygen atoms in total. The Labute approximate surface area is 185 Å². The van der Waals surface area contributed by atoms with Gasteiger partial charge in [-0.15, -0.1) is 10.2 Å². The highest BCUT2D eigenvalue weighted by atomic mass is 19.4. The Morgan fingerprint density at radius 3 is 1.97 bits per heavy atom. The molecule has 1 N–H and O–H groups in total. The summed E-state index contributed by atoms with van der Waals surface area (Å²) in [6.45, 7) is 4.06. The molecule has 0 atom stereocenters. The van der Waals surface area contributed by atoms with Crippen LogP contribution in [0.3, 0.4) is 0 Å². The number of nitrogens with zero attached hydrogens (tertiary/aromatic N) is 5. The molecule has 2 amide bonds. The number of urea groups is 1. The third-order valence-corrected chi connectivity index (χ3v) is 5.90. The van der Waals surface area contributed by atoms with Gasteiger partial charge in [0, 0.05) is 45.0 Å². The number of piperazine rings is 1. The second-order valence-electron chi connectivity index (χ2n) is 8.13. The average molecular weight is 448 g/mol. The molecule has 2 fully saturated rings. The molecular weight excluding hydrogens is 421 g/mol. The zero-order chi connectivity index (χ0) is 22.6. The minimum absolute atomic E-state index is 0.127. The van der Waals surface area contributed by atoms with Gasteiger partial charge in [-0.3, -0.25) is 0 Å². The van der Waals surface area contributed by atoms with Crippen LogP contribution < -0.4 is 15.1 Å². The van der Waals surface area contributed by atoms with E-state index in [1.165, 1.54) is 37.8 Å². The van der Waals surface area contributed by atoms with Crippen molar-refractivity contribution in [2.45, 2.75) is 31.9 Å². The number of alkyl halides is 3. The molecule has 0 unspecified atom stereocenters. The van der Waals surface area contributed by atoms with Crippen LogP contribution in [0.5, 0.6) is 0 Å². The first-order valence-corrected chi connectivity index (χ1v) is 11.0. The number of carbonyl (C=O) groups is 1. The topological polar surface area (TPSA) is 64.6 Å². The number of hydrogen-bond donors (Lipinski definition) is 1. The van der Waals surface area contributed by atoms with Crippen molar-refractivity contribution in [1.82, 2.24) is 15.1 Å². The van der Waals surface area contributed by atoms with Crippen molar-refractivity contribution in [1.29, 1.82) is 0 Å². The van der Waals surface area contributed by atoms with Crippen molar-refractivity contribution in [3.8, 4) is 0 Å². The van der Waals surface area contributed by atoms with E-state index in [4.69, 9.17) is 0 Å². The van der Waals surface area contributed by atoms with Gasteiger partial charge in [-0.25, -0.2) is 4.79 Å². The first-order chi connectivity index (χ1) is 15.4. The predicted molar refractivity (Wildman–Crippen MR) is 117 cm³/mol. The molecular formula is C22H27F3N6O. The van der Waals surface area contributed by atoms with E-state index in [-0.39, 0.29) is 5.69 Å². The number of hydrogen-bond acceptors (Lipinski definition) is 5. The summed E-state index contributed by atoms with van der Waals surface area (Å²) < 4.78 is 38.6. The van der Waals surface area contributed by atoms with Gasteiger partial charge in [0.05, 0.1) is 5.56 Å². The fraction of sp³-hybridized carbons (Fsp3) is 0.500. The fourth-order valence-corrected chi connectivity index (χ4v) is 4.07. The second kappa shape index (κ2) is 9.62. The highest BCUT2D eigenvalue weighted by molar-refractivity contribution is 5.89. The zero-order valence-electron chi connectivity index (χ0n) is 17.8. The largest absolute Gasteiger partial charge is 0.416 e. The van der Waals surface area contributed by atoms with Gasteiger partial charge in [-0.1, -0.05) is 18.9 Å². The number of benzene rings is 1. The minimum Gasteiger partial charge on any atom is -0.355 e. The van der Waals surface area contributed by atoms with Crippen LogP contribution in [-0.2, 0) is 6.18 Å². The molecule has 2 saturated heterocycles. The van der Waals surface area contributed by atoms with Gasteiger partial charge in [-0.05, 0) is 43.2 Å². The second-order valence-corrected chi connectivity index (χ2v) is 8.13. The maximum Gasteiger partial charge on any atom is 0.416 e. The van der Waals surface area contributed by atoms with Gasteiger partial charge in [0.2, 0.25) is 0 Å². The lowest BCUT2D eigenvalue weighted by atomic mass is 10.2. The van der Waals surface area contributed by atoms with Gasteiger partial charge in [0.1, 0.15) is 0 Å². The molecule has 10 heteroatoms. The number of rotatable bonds is 3. The Kier molecular flexibility index (Phi) is 6.66. The van der Waals surface area contributed by atoms with Crippen LogP contribution >= 0.6 is 0 Å². The maximum atomic E-state index is 12.9. The fourth-order valence-electron chi connectivity index (χ4n) is 4.07. The molecule has 4 rings (SSSR count). The lowest BCUT2D eigenvalue weighted by Gasteiger charge is -2.35. The first kappa shape index (κ1) is 22.2. The van der Waals surface area contributed by atoms with Crippen molar-refractivity contribution in [3.05, 3.63) is 42.0 Å². The average Bonchev–Trinajstić information content (AvgIpc) is 3.09. The van der Waals surface area contributed by atoms with Crippen molar-refractivity contribution < 1.29 is 18.0 Å². The molecule has 32 heavy (non-hydrogen) atoms. The highest BCUT2D eigenvalue weighted by Crippen LogP contribution is 2.30. The quantitative estimate of drug-likeness (QED) is 0.761. The molecule has 3 heterocycles. The normalized spacial score (nSPS) is 17.8. The van der Waals surface area contributed by atoms with E-state index in [0.29, 0.717) is 26.2 Å². The number of halogens is 3.